The van der Waals surface area contributed by atoms with Crippen molar-refractivity contribution in [2.45, 2.75) is 32.2 Å². The second-order valence-electron chi connectivity index (χ2n) is 4.21. The van der Waals surface area contributed by atoms with E-state index in [0.717, 1.165) is 12.8 Å². The highest BCUT2D eigenvalue weighted by atomic mass is 16.5. The number of ether oxygens (including phenoxy) is 1. The first-order chi connectivity index (χ1) is 8.22. The highest BCUT2D eigenvalue weighted by molar-refractivity contribution is 5.69. The van der Waals surface area contributed by atoms with Gasteiger partial charge in [-0.2, -0.15) is 0 Å². The Bertz CT molecular complexity index is 324. The van der Waals surface area contributed by atoms with Crippen molar-refractivity contribution in [1.82, 2.24) is 5.32 Å². The minimum atomic E-state index is -0.159. The Balaban J connectivity index is 2.13. The molecule has 1 rings (SSSR count). The third kappa shape index (κ3) is 6.07. The number of carbonyl (C=O) groups is 1. The highest BCUT2D eigenvalue weighted by Gasteiger charge is 2.04. The van der Waals surface area contributed by atoms with E-state index in [1.165, 1.54) is 12.7 Å². The minimum absolute atomic E-state index is 0.159. The molecule has 1 aromatic rings. The Morgan fingerprint density at radius 1 is 1.35 bits per heavy atom. The number of esters is 1. The Hall–Kier alpha value is -1.35. The lowest BCUT2D eigenvalue weighted by Crippen LogP contribution is -2.29. The van der Waals surface area contributed by atoms with Gasteiger partial charge in [-0.3, -0.25) is 4.79 Å². The maximum Gasteiger partial charge on any atom is 0.306 e. The first kappa shape index (κ1) is 13.7. The normalized spacial score (nSPS) is 12.1. The predicted molar refractivity (Wildman–Crippen MR) is 68.9 cm³/mol. The zero-order chi connectivity index (χ0) is 12.5. The summed E-state index contributed by atoms with van der Waals surface area (Å²) in [4.78, 5) is 10.9. The Kier molecular flexibility index (Phi) is 6.33. The maximum absolute atomic E-state index is 10.9. The van der Waals surface area contributed by atoms with Gasteiger partial charge in [-0.15, -0.1) is 0 Å². The summed E-state index contributed by atoms with van der Waals surface area (Å²) >= 11 is 0. The van der Waals surface area contributed by atoms with E-state index >= 15 is 0 Å². The Morgan fingerprint density at radius 2 is 2.06 bits per heavy atom. The quantitative estimate of drug-likeness (QED) is 0.736. The molecule has 0 saturated carbocycles. The van der Waals surface area contributed by atoms with Crippen LogP contribution in [0, 0.1) is 0 Å². The summed E-state index contributed by atoms with van der Waals surface area (Å²) < 4.78 is 4.58. The van der Waals surface area contributed by atoms with Crippen LogP contribution in [0.3, 0.4) is 0 Å². The second kappa shape index (κ2) is 7.85. The van der Waals surface area contributed by atoms with E-state index < -0.39 is 0 Å². The van der Waals surface area contributed by atoms with Crippen LogP contribution in [0.25, 0.3) is 0 Å². The number of rotatable bonds is 7. The molecule has 0 aromatic heterocycles. The van der Waals surface area contributed by atoms with E-state index in [1.807, 2.05) is 6.07 Å². The highest BCUT2D eigenvalue weighted by Crippen LogP contribution is 2.04. The van der Waals surface area contributed by atoms with Crippen molar-refractivity contribution < 1.29 is 9.53 Å². The van der Waals surface area contributed by atoms with Crippen LogP contribution >= 0.6 is 0 Å². The fourth-order valence-electron chi connectivity index (χ4n) is 1.65. The molecule has 0 aliphatic carbocycles. The number of carbonyl (C=O) groups excluding carboxylic acids is 1. The molecule has 94 valence electrons. The predicted octanol–water partition coefficient (Wildman–Crippen LogP) is 2.16. The lowest BCUT2D eigenvalue weighted by Gasteiger charge is -2.13. The summed E-state index contributed by atoms with van der Waals surface area (Å²) in [6, 6.07) is 10.8. The molecule has 1 atom stereocenters. The van der Waals surface area contributed by atoms with Crippen molar-refractivity contribution >= 4 is 5.97 Å². The molecular formula is C14H21NO2. The fraction of sp³-hybridized carbons (Fsp3) is 0.500. The largest absolute Gasteiger partial charge is 0.469 e. The van der Waals surface area contributed by atoms with Crippen LogP contribution < -0.4 is 5.32 Å². The SMILES string of the molecule is COC(=O)CCN[C@@H](C)CCc1ccccc1. The van der Waals surface area contributed by atoms with Gasteiger partial charge in [0, 0.05) is 12.6 Å². The molecule has 0 spiro atoms. The molecule has 1 N–H and O–H groups in total. The van der Waals surface area contributed by atoms with Crippen LogP contribution in [0.15, 0.2) is 30.3 Å². The molecule has 0 aliphatic heterocycles. The summed E-state index contributed by atoms with van der Waals surface area (Å²) in [7, 11) is 1.42. The molecule has 0 radical (unpaired) electrons. The topological polar surface area (TPSA) is 38.3 Å². The van der Waals surface area contributed by atoms with Crippen LogP contribution in [0.5, 0.6) is 0 Å². The van der Waals surface area contributed by atoms with E-state index in [2.05, 4.69) is 41.2 Å². The van der Waals surface area contributed by atoms with Gasteiger partial charge in [0.05, 0.1) is 13.5 Å². The van der Waals surface area contributed by atoms with Gasteiger partial charge in [0.2, 0.25) is 0 Å². The number of nitrogens with one attached hydrogen (secondary N) is 1. The van der Waals surface area contributed by atoms with Crippen molar-refractivity contribution in [3.8, 4) is 0 Å². The van der Waals surface area contributed by atoms with Gasteiger partial charge in [0.25, 0.3) is 0 Å². The monoisotopic (exact) mass is 235 g/mol. The van der Waals surface area contributed by atoms with E-state index in [0.29, 0.717) is 19.0 Å². The molecule has 1 aromatic carbocycles. The van der Waals surface area contributed by atoms with Crippen molar-refractivity contribution in [3.63, 3.8) is 0 Å². The van der Waals surface area contributed by atoms with Crippen LogP contribution in [0.4, 0.5) is 0 Å². The first-order valence-electron chi connectivity index (χ1n) is 6.06. The molecular weight excluding hydrogens is 214 g/mol. The minimum Gasteiger partial charge on any atom is -0.469 e. The average molecular weight is 235 g/mol. The lowest BCUT2D eigenvalue weighted by molar-refractivity contribution is -0.140. The van der Waals surface area contributed by atoms with Gasteiger partial charge in [0.15, 0.2) is 0 Å². The fourth-order valence-corrected chi connectivity index (χ4v) is 1.65. The molecule has 0 aliphatic rings. The van der Waals surface area contributed by atoms with Crippen LogP contribution in [-0.4, -0.2) is 25.7 Å². The van der Waals surface area contributed by atoms with Gasteiger partial charge in [0.1, 0.15) is 0 Å². The molecule has 0 unspecified atom stereocenters. The first-order valence-corrected chi connectivity index (χ1v) is 6.06. The van der Waals surface area contributed by atoms with Crippen molar-refractivity contribution in [3.05, 3.63) is 35.9 Å². The van der Waals surface area contributed by atoms with Crippen LogP contribution in [0.1, 0.15) is 25.3 Å². The average Bonchev–Trinajstić information content (AvgIpc) is 2.37. The molecule has 3 heteroatoms. The molecule has 0 saturated heterocycles. The van der Waals surface area contributed by atoms with Gasteiger partial charge in [-0.05, 0) is 25.3 Å². The molecule has 0 bridgehead atoms. The van der Waals surface area contributed by atoms with E-state index in [1.54, 1.807) is 0 Å². The van der Waals surface area contributed by atoms with Crippen molar-refractivity contribution in [1.29, 1.82) is 0 Å². The maximum atomic E-state index is 10.9. The van der Waals surface area contributed by atoms with Crippen LogP contribution in [0.2, 0.25) is 0 Å². The third-order valence-corrected chi connectivity index (χ3v) is 2.76. The number of benzene rings is 1. The summed E-state index contributed by atoms with van der Waals surface area (Å²) in [6.45, 7) is 2.82. The van der Waals surface area contributed by atoms with E-state index in [-0.39, 0.29) is 5.97 Å². The standard InChI is InChI=1S/C14H21NO2/c1-12(15-11-10-14(16)17-2)8-9-13-6-4-3-5-7-13/h3-7,12,15H,8-11H2,1-2H3/t12-/m0/s1. The smallest absolute Gasteiger partial charge is 0.306 e. The number of aryl methyl sites for hydroxylation is 1. The van der Waals surface area contributed by atoms with Gasteiger partial charge >= 0.3 is 5.97 Å². The third-order valence-electron chi connectivity index (χ3n) is 2.76. The lowest BCUT2D eigenvalue weighted by atomic mass is 10.1. The Morgan fingerprint density at radius 3 is 2.71 bits per heavy atom. The second-order valence-corrected chi connectivity index (χ2v) is 4.21. The van der Waals surface area contributed by atoms with E-state index in [4.69, 9.17) is 0 Å². The number of hydrogen-bond donors (Lipinski definition) is 1. The number of hydrogen-bond acceptors (Lipinski definition) is 3. The number of methoxy groups -OCH3 is 1. The summed E-state index contributed by atoms with van der Waals surface area (Å²) in [5, 5.41) is 3.32. The molecule has 17 heavy (non-hydrogen) atoms. The van der Waals surface area contributed by atoms with Crippen molar-refractivity contribution in [2.75, 3.05) is 13.7 Å². The molecule has 3 nitrogen and oxygen atoms in total. The van der Waals surface area contributed by atoms with Gasteiger partial charge in [-0.25, -0.2) is 0 Å². The van der Waals surface area contributed by atoms with Gasteiger partial charge < -0.3 is 10.1 Å². The Labute approximate surface area is 103 Å². The van der Waals surface area contributed by atoms with Gasteiger partial charge in [-0.1, -0.05) is 30.3 Å². The zero-order valence-electron chi connectivity index (χ0n) is 10.6. The zero-order valence-corrected chi connectivity index (χ0v) is 10.6. The molecule has 0 heterocycles. The summed E-state index contributed by atoms with van der Waals surface area (Å²) in [5.74, 6) is -0.159. The summed E-state index contributed by atoms with van der Waals surface area (Å²) in [6.07, 6.45) is 2.57. The molecule has 0 amide bonds. The van der Waals surface area contributed by atoms with Crippen LogP contribution in [-0.2, 0) is 16.0 Å². The van der Waals surface area contributed by atoms with E-state index in [9.17, 15) is 4.79 Å². The van der Waals surface area contributed by atoms with Crippen molar-refractivity contribution in [2.24, 2.45) is 0 Å². The summed E-state index contributed by atoms with van der Waals surface area (Å²) in [5.41, 5.74) is 1.36. The molecule has 0 fully saturated rings.